The summed E-state index contributed by atoms with van der Waals surface area (Å²) in [5, 5.41) is 2.66. The summed E-state index contributed by atoms with van der Waals surface area (Å²) in [6.45, 7) is 0. The fourth-order valence-corrected chi connectivity index (χ4v) is 1.46. The molecule has 0 unspecified atom stereocenters. The van der Waals surface area contributed by atoms with Crippen LogP contribution in [-0.2, 0) is 29.8 Å². The zero-order valence-corrected chi connectivity index (χ0v) is 10.9. The minimum absolute atomic E-state index is 1.29. The molecule has 0 spiro atoms. The Kier molecular flexibility index (Phi) is 5.13. The molecular formula is C12H7O3Re-. The van der Waals surface area contributed by atoms with Gasteiger partial charge in [-0.1, -0.05) is 6.07 Å². The number of hydrogen-bond donors (Lipinski definition) is 0. The summed E-state index contributed by atoms with van der Waals surface area (Å²) in [5.41, 5.74) is 0. The van der Waals surface area contributed by atoms with E-state index in [1.54, 1.807) is 0 Å². The minimum Gasteiger partial charge on any atom is -0.168 e. The standard InChI is InChI=1S/C9H7.3CO.Re/c1-2-5-9-7-3-6-8(9)4-1;3*1-2;/h1-7H;;;;/q-1;;;;. The molecule has 0 radical (unpaired) electrons. The molecule has 3 nitrogen and oxygen atoms in total. The number of fused-ring (bicyclic) bond motifs is 1. The van der Waals surface area contributed by atoms with Crippen LogP contribution in [0.5, 0.6) is 0 Å². The first-order chi connectivity index (χ1) is 7.81. The predicted octanol–water partition coefficient (Wildman–Crippen LogP) is 1.36. The van der Waals surface area contributed by atoms with Crippen molar-refractivity contribution in [3.8, 4) is 0 Å². The third kappa shape index (κ3) is 3.42. The second-order valence-corrected chi connectivity index (χ2v) is 6.37. The predicted molar refractivity (Wildman–Crippen MR) is 56.6 cm³/mol. The Labute approximate surface area is 96.1 Å². The van der Waals surface area contributed by atoms with Gasteiger partial charge in [0.1, 0.15) is 0 Å². The van der Waals surface area contributed by atoms with E-state index in [9.17, 15) is 14.4 Å². The van der Waals surface area contributed by atoms with Gasteiger partial charge >= 0.3 is 42.8 Å². The van der Waals surface area contributed by atoms with Crippen molar-refractivity contribution in [2.75, 3.05) is 0 Å². The molecule has 0 aromatic heterocycles. The normalized spacial score (nSPS) is 8.00. The maximum absolute atomic E-state index is 9.40. The van der Waals surface area contributed by atoms with Crippen molar-refractivity contribution >= 4 is 23.8 Å². The molecule has 16 heavy (non-hydrogen) atoms. The van der Waals surface area contributed by atoms with E-state index in [2.05, 4.69) is 42.5 Å². The van der Waals surface area contributed by atoms with Crippen molar-refractivity contribution in [3.63, 3.8) is 0 Å². The monoisotopic (exact) mass is 386 g/mol. The Balaban J connectivity index is 0.000000168. The van der Waals surface area contributed by atoms with Crippen molar-refractivity contribution in [3.05, 3.63) is 42.5 Å². The molecule has 0 fully saturated rings. The van der Waals surface area contributed by atoms with Gasteiger partial charge in [-0.05, 0) is 0 Å². The van der Waals surface area contributed by atoms with Crippen molar-refractivity contribution in [2.45, 2.75) is 0 Å². The van der Waals surface area contributed by atoms with Gasteiger partial charge in [0.05, 0.1) is 0 Å². The number of hydrogen-bond acceptors (Lipinski definition) is 3. The summed E-state index contributed by atoms with van der Waals surface area (Å²) in [6, 6.07) is 14.7. The van der Waals surface area contributed by atoms with Gasteiger partial charge < -0.3 is 0 Å². The van der Waals surface area contributed by atoms with Crippen molar-refractivity contribution in [1.82, 2.24) is 0 Å². The molecular weight excluding hydrogens is 378 g/mol. The molecule has 0 atom stereocenters. The Hall–Kier alpha value is -1.77. The van der Waals surface area contributed by atoms with E-state index in [4.69, 9.17) is 0 Å². The molecule has 2 aromatic rings. The maximum atomic E-state index is 9.40. The SMILES string of the molecule is O=[C]=[Re](=[C]=O)=[C]=O.c1ccc2[cH-]ccc2c1. The Morgan fingerprint density at radius 2 is 1.56 bits per heavy atom. The van der Waals surface area contributed by atoms with Gasteiger partial charge in [0, 0.05) is 0 Å². The number of benzene rings is 1. The molecule has 0 aliphatic heterocycles. The molecule has 0 bridgehead atoms. The second kappa shape index (κ2) is 6.67. The van der Waals surface area contributed by atoms with Crippen LogP contribution in [0.25, 0.3) is 10.8 Å². The van der Waals surface area contributed by atoms with Gasteiger partial charge in [-0.25, -0.2) is 0 Å². The van der Waals surface area contributed by atoms with Gasteiger partial charge in [0.15, 0.2) is 0 Å². The van der Waals surface area contributed by atoms with Crippen LogP contribution >= 0.6 is 0 Å². The van der Waals surface area contributed by atoms with Crippen LogP contribution in [0.2, 0.25) is 0 Å². The second-order valence-electron chi connectivity index (χ2n) is 2.67. The maximum Gasteiger partial charge on any atom is -0.0809 e. The van der Waals surface area contributed by atoms with E-state index in [1.807, 2.05) is 0 Å². The van der Waals surface area contributed by atoms with E-state index < -0.39 is 15.4 Å². The van der Waals surface area contributed by atoms with Gasteiger partial charge in [0.2, 0.25) is 0 Å². The van der Waals surface area contributed by atoms with Gasteiger partial charge in [0.25, 0.3) is 0 Å². The first-order valence-corrected chi connectivity index (χ1v) is 8.32. The Morgan fingerprint density at radius 1 is 0.938 bits per heavy atom. The summed E-state index contributed by atoms with van der Waals surface area (Å²) in [7, 11) is 0. The van der Waals surface area contributed by atoms with Crippen LogP contribution < -0.4 is 0 Å². The van der Waals surface area contributed by atoms with Crippen LogP contribution in [0.3, 0.4) is 0 Å². The molecule has 81 valence electrons. The molecule has 0 N–H and O–H groups in total. The van der Waals surface area contributed by atoms with Gasteiger partial charge in [-0.15, -0.1) is 29.7 Å². The van der Waals surface area contributed by atoms with Crippen LogP contribution in [0.4, 0.5) is 0 Å². The van der Waals surface area contributed by atoms with Crippen LogP contribution in [0.1, 0.15) is 0 Å². The van der Waals surface area contributed by atoms with Crippen LogP contribution in [0, 0.1) is 0 Å². The third-order valence-corrected chi connectivity index (χ3v) is 3.44. The zero-order valence-electron chi connectivity index (χ0n) is 8.14. The molecule has 0 amide bonds. The largest absolute Gasteiger partial charge is 0.168 e. The molecule has 0 aliphatic carbocycles. The molecule has 2 aromatic carbocycles. The van der Waals surface area contributed by atoms with Crippen molar-refractivity contribution in [1.29, 1.82) is 0 Å². The van der Waals surface area contributed by atoms with E-state index in [0.29, 0.717) is 0 Å². The fourth-order valence-electron chi connectivity index (χ4n) is 1.12. The Morgan fingerprint density at radius 3 is 2.06 bits per heavy atom. The molecule has 0 aliphatic rings. The molecule has 2 rings (SSSR count). The smallest absolute Gasteiger partial charge is 0.0809 e. The first-order valence-electron chi connectivity index (χ1n) is 4.25. The summed E-state index contributed by atoms with van der Waals surface area (Å²) in [5.74, 6) is 0. The minimum atomic E-state index is -2.97. The molecule has 4 heteroatoms. The number of carbonyl (C=O) groups excluding carboxylic acids is 3. The van der Waals surface area contributed by atoms with E-state index in [1.165, 1.54) is 23.8 Å². The van der Waals surface area contributed by atoms with Gasteiger partial charge in [-0.3, -0.25) is 0 Å². The van der Waals surface area contributed by atoms with Crippen molar-refractivity contribution in [2.24, 2.45) is 0 Å². The van der Waals surface area contributed by atoms with E-state index >= 15 is 0 Å². The number of rotatable bonds is 0. The third-order valence-electron chi connectivity index (χ3n) is 1.78. The Bertz CT molecular complexity index is 615. The quantitative estimate of drug-likeness (QED) is 0.644. The fraction of sp³-hybridized carbons (Fsp3) is 0. The molecule has 0 heterocycles. The summed E-state index contributed by atoms with van der Waals surface area (Å²) < 4.78 is 3.87. The topological polar surface area (TPSA) is 51.2 Å². The summed E-state index contributed by atoms with van der Waals surface area (Å²) >= 11 is -2.97. The zero-order chi connectivity index (χ0) is 11.8. The summed E-state index contributed by atoms with van der Waals surface area (Å²) in [6.07, 6.45) is 0. The van der Waals surface area contributed by atoms with E-state index in [0.717, 1.165) is 0 Å². The van der Waals surface area contributed by atoms with Crippen molar-refractivity contribution < 1.29 is 29.8 Å². The summed E-state index contributed by atoms with van der Waals surface area (Å²) in [4.78, 5) is 28.2. The average molecular weight is 385 g/mol. The average Bonchev–Trinajstić information content (AvgIpc) is 2.80. The van der Waals surface area contributed by atoms with E-state index in [-0.39, 0.29) is 0 Å². The van der Waals surface area contributed by atoms with Crippen LogP contribution in [-0.4, -0.2) is 13.1 Å². The first kappa shape index (κ1) is 12.3. The van der Waals surface area contributed by atoms with Crippen LogP contribution in [0.15, 0.2) is 42.5 Å². The molecule has 0 saturated heterocycles. The molecule has 0 saturated carbocycles. The van der Waals surface area contributed by atoms with Gasteiger partial charge in [-0.2, -0.15) is 17.5 Å².